The Morgan fingerprint density at radius 1 is 1.12 bits per heavy atom. The molecule has 0 saturated heterocycles. The molecule has 0 heterocycles. The molecule has 1 aromatic carbocycles. The molecule has 1 unspecified atom stereocenters. The van der Waals surface area contributed by atoms with E-state index in [0.717, 1.165) is 18.6 Å². The molecule has 1 atom stereocenters. The number of para-hydroxylation sites is 1. The predicted octanol–water partition coefficient (Wildman–Crippen LogP) is 1.55. The van der Waals surface area contributed by atoms with Gasteiger partial charge in [-0.15, -0.1) is 0 Å². The fourth-order valence-corrected chi connectivity index (χ4v) is 2.41. The topological polar surface area (TPSA) is 52.3 Å². The summed E-state index contributed by atoms with van der Waals surface area (Å²) in [4.78, 5) is 0. The van der Waals surface area contributed by atoms with Gasteiger partial charge in [0.25, 0.3) is 0 Å². The van der Waals surface area contributed by atoms with Crippen LogP contribution in [0.15, 0.2) is 30.3 Å². The van der Waals surface area contributed by atoms with Gasteiger partial charge in [0, 0.05) is 22.3 Å². The smallest absolute Gasteiger partial charge is 0.119 e. The highest BCUT2D eigenvalue weighted by Gasteiger charge is 1.99. The van der Waals surface area contributed by atoms with E-state index < -0.39 is 10.8 Å². The molecule has 3 nitrogen and oxygen atoms in total. The van der Waals surface area contributed by atoms with Gasteiger partial charge in [-0.2, -0.15) is 0 Å². The zero-order valence-corrected chi connectivity index (χ0v) is 10.2. The van der Waals surface area contributed by atoms with Crippen molar-refractivity contribution in [2.75, 3.05) is 24.7 Å². The molecule has 0 radical (unpaired) electrons. The molecule has 16 heavy (non-hydrogen) atoms. The first-order valence-electron chi connectivity index (χ1n) is 5.56. The van der Waals surface area contributed by atoms with Crippen LogP contribution in [0.2, 0.25) is 0 Å². The molecule has 0 amide bonds. The van der Waals surface area contributed by atoms with Crippen LogP contribution >= 0.6 is 0 Å². The summed E-state index contributed by atoms with van der Waals surface area (Å²) >= 11 is 0. The standard InChI is InChI=1S/C12H19NO2S/c13-8-4-10-16(14)11-5-9-15-12-6-2-1-3-7-12/h1-3,6-7H,4-5,8-11,13H2. The molecule has 0 aliphatic carbocycles. The molecule has 0 aliphatic heterocycles. The highest BCUT2D eigenvalue weighted by molar-refractivity contribution is 7.84. The third kappa shape index (κ3) is 5.88. The average molecular weight is 241 g/mol. The van der Waals surface area contributed by atoms with Crippen LogP contribution in [0.25, 0.3) is 0 Å². The lowest BCUT2D eigenvalue weighted by Gasteiger charge is -2.05. The zero-order chi connectivity index (χ0) is 11.6. The SMILES string of the molecule is NCCCS(=O)CCCOc1ccccc1. The number of benzene rings is 1. The summed E-state index contributed by atoms with van der Waals surface area (Å²) in [7, 11) is -0.738. The maximum atomic E-state index is 11.4. The number of ether oxygens (including phenoxy) is 1. The minimum atomic E-state index is -0.738. The van der Waals surface area contributed by atoms with Crippen molar-refractivity contribution in [3.8, 4) is 5.75 Å². The lowest BCUT2D eigenvalue weighted by Crippen LogP contribution is -2.10. The summed E-state index contributed by atoms with van der Waals surface area (Å²) in [5.41, 5.74) is 5.35. The molecule has 0 saturated carbocycles. The Balaban J connectivity index is 2.06. The second-order valence-electron chi connectivity index (χ2n) is 3.51. The van der Waals surface area contributed by atoms with E-state index in [-0.39, 0.29) is 0 Å². The summed E-state index contributed by atoms with van der Waals surface area (Å²) in [5, 5.41) is 0. The van der Waals surface area contributed by atoms with Gasteiger partial charge in [0.1, 0.15) is 5.75 Å². The molecule has 0 aromatic heterocycles. The fourth-order valence-electron chi connectivity index (χ4n) is 1.27. The molecule has 1 aromatic rings. The van der Waals surface area contributed by atoms with Gasteiger partial charge < -0.3 is 10.5 Å². The fraction of sp³-hybridized carbons (Fsp3) is 0.500. The first-order chi connectivity index (χ1) is 7.83. The van der Waals surface area contributed by atoms with Crippen molar-refractivity contribution in [2.24, 2.45) is 5.73 Å². The number of nitrogens with two attached hydrogens (primary N) is 1. The van der Waals surface area contributed by atoms with Crippen LogP contribution in [0.5, 0.6) is 5.75 Å². The summed E-state index contributed by atoms with van der Waals surface area (Å²) in [6.45, 7) is 1.24. The van der Waals surface area contributed by atoms with E-state index in [1.54, 1.807) is 0 Å². The quantitative estimate of drug-likeness (QED) is 0.703. The number of hydrogen-bond acceptors (Lipinski definition) is 3. The van der Waals surface area contributed by atoms with Gasteiger partial charge >= 0.3 is 0 Å². The van der Waals surface area contributed by atoms with E-state index in [1.165, 1.54) is 0 Å². The maximum absolute atomic E-state index is 11.4. The highest BCUT2D eigenvalue weighted by atomic mass is 32.2. The van der Waals surface area contributed by atoms with Crippen molar-refractivity contribution in [3.63, 3.8) is 0 Å². The molecule has 0 spiro atoms. The van der Waals surface area contributed by atoms with Crippen molar-refractivity contribution >= 4 is 10.8 Å². The van der Waals surface area contributed by atoms with E-state index in [4.69, 9.17) is 10.5 Å². The van der Waals surface area contributed by atoms with Crippen molar-refractivity contribution < 1.29 is 8.95 Å². The summed E-state index contributed by atoms with van der Waals surface area (Å²) in [5.74, 6) is 2.28. The minimum absolute atomic E-state index is 0.617. The summed E-state index contributed by atoms with van der Waals surface area (Å²) in [6.07, 6.45) is 1.66. The Bertz CT molecular complexity index is 303. The van der Waals surface area contributed by atoms with Crippen LogP contribution < -0.4 is 10.5 Å². The average Bonchev–Trinajstić information content (AvgIpc) is 2.33. The Morgan fingerprint density at radius 3 is 2.50 bits per heavy atom. The van der Waals surface area contributed by atoms with Gasteiger partial charge in [-0.25, -0.2) is 0 Å². The van der Waals surface area contributed by atoms with Gasteiger partial charge in [-0.05, 0) is 31.5 Å². The third-order valence-electron chi connectivity index (χ3n) is 2.10. The van der Waals surface area contributed by atoms with Crippen LogP contribution in [0.4, 0.5) is 0 Å². The first kappa shape index (κ1) is 13.2. The van der Waals surface area contributed by atoms with Crippen LogP contribution in [0.3, 0.4) is 0 Å². The zero-order valence-electron chi connectivity index (χ0n) is 9.43. The van der Waals surface area contributed by atoms with Crippen LogP contribution in [-0.4, -0.2) is 28.9 Å². The van der Waals surface area contributed by atoms with Gasteiger partial charge in [-0.1, -0.05) is 18.2 Å². The van der Waals surface area contributed by atoms with Gasteiger partial charge in [0.15, 0.2) is 0 Å². The van der Waals surface area contributed by atoms with Crippen molar-refractivity contribution in [1.82, 2.24) is 0 Å². The third-order valence-corrected chi connectivity index (χ3v) is 3.59. The molecular formula is C12H19NO2S. The first-order valence-corrected chi connectivity index (χ1v) is 7.04. The molecule has 1 rings (SSSR count). The van der Waals surface area contributed by atoms with Crippen LogP contribution in [-0.2, 0) is 10.8 Å². The van der Waals surface area contributed by atoms with Gasteiger partial charge in [0.2, 0.25) is 0 Å². The summed E-state index contributed by atoms with van der Waals surface area (Å²) in [6, 6.07) is 9.68. The second kappa shape index (κ2) is 8.30. The van der Waals surface area contributed by atoms with Crippen molar-refractivity contribution in [3.05, 3.63) is 30.3 Å². The predicted molar refractivity (Wildman–Crippen MR) is 68.1 cm³/mol. The lowest BCUT2D eigenvalue weighted by atomic mass is 10.3. The summed E-state index contributed by atoms with van der Waals surface area (Å²) < 4.78 is 16.9. The Kier molecular flexibility index (Phi) is 6.85. The van der Waals surface area contributed by atoms with Crippen LogP contribution in [0.1, 0.15) is 12.8 Å². The van der Waals surface area contributed by atoms with E-state index in [0.29, 0.717) is 24.7 Å². The largest absolute Gasteiger partial charge is 0.494 e. The molecule has 2 N–H and O–H groups in total. The van der Waals surface area contributed by atoms with Crippen molar-refractivity contribution in [1.29, 1.82) is 0 Å². The minimum Gasteiger partial charge on any atom is -0.494 e. The lowest BCUT2D eigenvalue weighted by molar-refractivity contribution is 0.318. The molecular weight excluding hydrogens is 222 g/mol. The number of hydrogen-bond donors (Lipinski definition) is 1. The van der Waals surface area contributed by atoms with E-state index in [1.807, 2.05) is 30.3 Å². The Labute approximate surface area is 99.4 Å². The van der Waals surface area contributed by atoms with Crippen molar-refractivity contribution in [2.45, 2.75) is 12.8 Å². The van der Waals surface area contributed by atoms with E-state index in [2.05, 4.69) is 0 Å². The highest BCUT2D eigenvalue weighted by Crippen LogP contribution is 2.08. The van der Waals surface area contributed by atoms with Gasteiger partial charge in [-0.3, -0.25) is 4.21 Å². The molecule has 90 valence electrons. The second-order valence-corrected chi connectivity index (χ2v) is 5.20. The monoisotopic (exact) mass is 241 g/mol. The normalized spacial score (nSPS) is 12.3. The molecule has 0 aliphatic rings. The van der Waals surface area contributed by atoms with E-state index >= 15 is 0 Å². The Morgan fingerprint density at radius 2 is 1.81 bits per heavy atom. The Hall–Kier alpha value is -0.870. The van der Waals surface area contributed by atoms with E-state index in [9.17, 15) is 4.21 Å². The number of rotatable bonds is 8. The van der Waals surface area contributed by atoms with Crippen LogP contribution in [0, 0.1) is 0 Å². The molecule has 0 fully saturated rings. The maximum Gasteiger partial charge on any atom is 0.119 e. The van der Waals surface area contributed by atoms with Gasteiger partial charge in [0.05, 0.1) is 6.61 Å². The molecule has 4 heteroatoms. The molecule has 0 bridgehead atoms.